The molecule has 0 bridgehead atoms. The number of carbonyl (C=O) groups is 2. The number of halogens is 1. The quantitative estimate of drug-likeness (QED) is 0.587. The van der Waals surface area contributed by atoms with E-state index in [1.807, 2.05) is 49.6 Å². The predicted molar refractivity (Wildman–Crippen MR) is 115 cm³/mol. The lowest BCUT2D eigenvalue weighted by molar-refractivity contribution is -0.120. The Kier molecular flexibility index (Phi) is 4.79. The molecule has 0 radical (unpaired) electrons. The Balaban J connectivity index is 1.83. The Morgan fingerprint density at radius 1 is 0.964 bits per heavy atom. The summed E-state index contributed by atoms with van der Waals surface area (Å²) in [7, 11) is 0. The highest BCUT2D eigenvalue weighted by atomic mass is 35.5. The molecule has 4 rings (SSSR count). The molecule has 1 aliphatic rings. The molecule has 0 saturated heterocycles. The van der Waals surface area contributed by atoms with Gasteiger partial charge in [0.05, 0.1) is 11.3 Å². The van der Waals surface area contributed by atoms with E-state index in [9.17, 15) is 9.59 Å². The van der Waals surface area contributed by atoms with Gasteiger partial charge in [0.15, 0.2) is 0 Å². The Morgan fingerprint density at radius 3 is 2.46 bits per heavy atom. The van der Waals surface area contributed by atoms with E-state index in [0.717, 1.165) is 21.7 Å². The summed E-state index contributed by atoms with van der Waals surface area (Å²) in [4.78, 5) is 28.5. The fourth-order valence-corrected chi connectivity index (χ4v) is 4.12. The summed E-state index contributed by atoms with van der Waals surface area (Å²) in [6.07, 6.45) is 0. The molecule has 1 aliphatic heterocycles. The molecule has 2 heterocycles. The lowest BCUT2D eigenvalue weighted by Crippen LogP contribution is -2.32. The molecule has 140 valence electrons. The first-order valence-electron chi connectivity index (χ1n) is 8.73. The van der Waals surface area contributed by atoms with Crippen molar-refractivity contribution in [2.45, 2.75) is 13.8 Å². The molecular formula is C22H17ClN2O2S. The summed E-state index contributed by atoms with van der Waals surface area (Å²) in [6, 6.07) is 16.3. The maximum atomic E-state index is 13.3. The van der Waals surface area contributed by atoms with Crippen LogP contribution < -0.4 is 10.2 Å². The van der Waals surface area contributed by atoms with E-state index in [1.165, 1.54) is 16.2 Å². The number of amides is 2. The Hall–Kier alpha value is -2.89. The van der Waals surface area contributed by atoms with Crippen LogP contribution in [-0.4, -0.2) is 11.8 Å². The van der Waals surface area contributed by atoms with Crippen LogP contribution >= 0.6 is 22.9 Å². The predicted octanol–water partition coefficient (Wildman–Crippen LogP) is 5.41. The SMILES string of the molecule is Cc1cccc(NC2=C(c3cccs3)C(=O)N(c3cccc(Cl)c3)C2=O)c1C. The Morgan fingerprint density at radius 2 is 1.75 bits per heavy atom. The van der Waals surface area contributed by atoms with Crippen molar-refractivity contribution < 1.29 is 9.59 Å². The maximum absolute atomic E-state index is 13.3. The van der Waals surface area contributed by atoms with Crippen molar-refractivity contribution in [1.82, 2.24) is 0 Å². The van der Waals surface area contributed by atoms with Gasteiger partial charge in [-0.3, -0.25) is 9.59 Å². The number of hydrogen-bond acceptors (Lipinski definition) is 4. The van der Waals surface area contributed by atoms with Gasteiger partial charge < -0.3 is 5.32 Å². The first-order valence-corrected chi connectivity index (χ1v) is 9.99. The van der Waals surface area contributed by atoms with Gasteiger partial charge >= 0.3 is 0 Å². The zero-order chi connectivity index (χ0) is 19.8. The van der Waals surface area contributed by atoms with E-state index in [0.29, 0.717) is 16.3 Å². The highest BCUT2D eigenvalue weighted by molar-refractivity contribution is 7.11. The van der Waals surface area contributed by atoms with Crippen molar-refractivity contribution in [3.63, 3.8) is 0 Å². The number of aryl methyl sites for hydroxylation is 1. The van der Waals surface area contributed by atoms with Crippen LogP contribution in [0.25, 0.3) is 5.57 Å². The van der Waals surface area contributed by atoms with Crippen LogP contribution in [0.3, 0.4) is 0 Å². The number of imide groups is 1. The zero-order valence-electron chi connectivity index (χ0n) is 15.3. The van der Waals surface area contributed by atoms with Crippen LogP contribution in [0.1, 0.15) is 16.0 Å². The number of thiophene rings is 1. The van der Waals surface area contributed by atoms with Crippen molar-refractivity contribution in [1.29, 1.82) is 0 Å². The number of benzene rings is 2. The van der Waals surface area contributed by atoms with E-state index in [-0.39, 0.29) is 11.6 Å². The molecule has 6 heteroatoms. The second-order valence-electron chi connectivity index (χ2n) is 6.53. The van der Waals surface area contributed by atoms with Gasteiger partial charge in [0.2, 0.25) is 0 Å². The highest BCUT2D eigenvalue weighted by Crippen LogP contribution is 2.36. The smallest absolute Gasteiger partial charge is 0.282 e. The molecular weight excluding hydrogens is 392 g/mol. The van der Waals surface area contributed by atoms with E-state index >= 15 is 0 Å². The van der Waals surface area contributed by atoms with Gasteiger partial charge in [-0.15, -0.1) is 11.3 Å². The van der Waals surface area contributed by atoms with Crippen molar-refractivity contribution in [2.24, 2.45) is 0 Å². The number of rotatable bonds is 4. The molecule has 0 saturated carbocycles. The molecule has 28 heavy (non-hydrogen) atoms. The summed E-state index contributed by atoms with van der Waals surface area (Å²) >= 11 is 7.51. The number of nitrogens with one attached hydrogen (secondary N) is 1. The minimum absolute atomic E-state index is 0.279. The van der Waals surface area contributed by atoms with Crippen LogP contribution in [0.5, 0.6) is 0 Å². The fraction of sp³-hybridized carbons (Fsp3) is 0.0909. The van der Waals surface area contributed by atoms with Crippen LogP contribution in [0, 0.1) is 13.8 Å². The number of nitrogens with zero attached hydrogens (tertiary/aromatic N) is 1. The molecule has 4 nitrogen and oxygen atoms in total. The lowest BCUT2D eigenvalue weighted by Gasteiger charge is -2.16. The monoisotopic (exact) mass is 408 g/mol. The van der Waals surface area contributed by atoms with E-state index in [1.54, 1.807) is 24.3 Å². The summed E-state index contributed by atoms with van der Waals surface area (Å²) in [5.74, 6) is -0.751. The van der Waals surface area contributed by atoms with Crippen LogP contribution in [0.2, 0.25) is 5.02 Å². The molecule has 0 unspecified atom stereocenters. The zero-order valence-corrected chi connectivity index (χ0v) is 16.9. The lowest BCUT2D eigenvalue weighted by atomic mass is 10.1. The Labute approximate surface area is 172 Å². The molecule has 1 aromatic heterocycles. The van der Waals surface area contributed by atoms with Gasteiger partial charge in [0, 0.05) is 15.6 Å². The topological polar surface area (TPSA) is 49.4 Å². The van der Waals surface area contributed by atoms with Crippen molar-refractivity contribution in [3.05, 3.63) is 86.7 Å². The molecule has 0 aliphatic carbocycles. The van der Waals surface area contributed by atoms with Crippen molar-refractivity contribution in [3.8, 4) is 0 Å². The van der Waals surface area contributed by atoms with Gasteiger partial charge in [0.1, 0.15) is 5.70 Å². The van der Waals surface area contributed by atoms with Gasteiger partial charge in [0.25, 0.3) is 11.8 Å². The minimum Gasteiger partial charge on any atom is -0.350 e. The Bertz CT molecular complexity index is 1120. The molecule has 2 amide bonds. The molecule has 0 spiro atoms. The van der Waals surface area contributed by atoms with Crippen LogP contribution in [0.4, 0.5) is 11.4 Å². The van der Waals surface area contributed by atoms with Gasteiger partial charge in [-0.2, -0.15) is 0 Å². The van der Waals surface area contributed by atoms with Crippen molar-refractivity contribution in [2.75, 3.05) is 10.2 Å². The summed E-state index contributed by atoms with van der Waals surface area (Å²) in [5, 5.41) is 5.58. The second kappa shape index (κ2) is 7.26. The third-order valence-electron chi connectivity index (χ3n) is 4.78. The number of hydrogen-bond donors (Lipinski definition) is 1. The first kappa shape index (κ1) is 18.5. The molecule has 0 atom stereocenters. The molecule has 1 N–H and O–H groups in total. The molecule has 0 fully saturated rings. The van der Waals surface area contributed by atoms with E-state index < -0.39 is 5.91 Å². The molecule has 3 aromatic rings. The van der Waals surface area contributed by atoms with Crippen molar-refractivity contribution >= 4 is 51.7 Å². The maximum Gasteiger partial charge on any atom is 0.282 e. The largest absolute Gasteiger partial charge is 0.350 e. The van der Waals surface area contributed by atoms with E-state index in [2.05, 4.69) is 5.32 Å². The van der Waals surface area contributed by atoms with E-state index in [4.69, 9.17) is 11.6 Å². The fourth-order valence-electron chi connectivity index (χ4n) is 3.17. The highest BCUT2D eigenvalue weighted by Gasteiger charge is 2.40. The minimum atomic E-state index is -0.392. The third kappa shape index (κ3) is 3.13. The average Bonchev–Trinajstić information content (AvgIpc) is 3.26. The standard InChI is InChI=1S/C22H17ClN2O2S/c1-13-6-3-9-17(14(13)2)24-20-19(18-10-5-11-28-18)21(26)25(22(20)27)16-8-4-7-15(23)12-16/h3-12,24H,1-2H3. The number of carbonyl (C=O) groups excluding carboxylic acids is 2. The first-order chi connectivity index (χ1) is 13.5. The summed E-state index contributed by atoms with van der Waals surface area (Å²) in [6.45, 7) is 3.99. The van der Waals surface area contributed by atoms with Crippen LogP contribution in [-0.2, 0) is 9.59 Å². The van der Waals surface area contributed by atoms with Gasteiger partial charge in [-0.25, -0.2) is 4.90 Å². The van der Waals surface area contributed by atoms with Gasteiger partial charge in [-0.05, 0) is 60.7 Å². The second-order valence-corrected chi connectivity index (χ2v) is 7.91. The summed E-state index contributed by atoms with van der Waals surface area (Å²) < 4.78 is 0. The third-order valence-corrected chi connectivity index (χ3v) is 5.90. The molecule has 2 aromatic carbocycles. The van der Waals surface area contributed by atoms with Gasteiger partial charge in [-0.1, -0.05) is 35.9 Å². The van der Waals surface area contributed by atoms with Crippen LogP contribution in [0.15, 0.2) is 65.7 Å². The summed E-state index contributed by atoms with van der Waals surface area (Å²) in [5.41, 5.74) is 4.04. The average molecular weight is 409 g/mol. The normalized spacial score (nSPS) is 14.2. The number of anilines is 2.